The third-order valence-corrected chi connectivity index (χ3v) is 8.68. The van der Waals surface area contributed by atoms with E-state index in [-0.39, 0.29) is 17.4 Å². The van der Waals surface area contributed by atoms with Gasteiger partial charge in [0.05, 0.1) is 12.7 Å². The Morgan fingerprint density at radius 1 is 1.04 bits per heavy atom. The molecule has 3 aromatic rings. The molecule has 27 heavy (non-hydrogen) atoms. The summed E-state index contributed by atoms with van der Waals surface area (Å²) in [5.74, 6) is 0. The van der Waals surface area contributed by atoms with E-state index in [1.807, 2.05) is 0 Å². The molecule has 3 heteroatoms. The Balaban J connectivity index is 1.78. The van der Waals surface area contributed by atoms with E-state index in [0.29, 0.717) is 0 Å². The highest BCUT2D eigenvalue weighted by atomic mass is 16.3. The van der Waals surface area contributed by atoms with Gasteiger partial charge in [-0.15, -0.1) is 0 Å². The van der Waals surface area contributed by atoms with Gasteiger partial charge in [0.1, 0.15) is 0 Å². The molecule has 3 nitrogen and oxygen atoms in total. The smallest absolute Gasteiger partial charge is 0.0621 e. The van der Waals surface area contributed by atoms with Crippen LogP contribution in [0.15, 0.2) is 36.4 Å². The van der Waals surface area contributed by atoms with E-state index >= 15 is 0 Å². The first-order valence-corrected chi connectivity index (χ1v) is 10.2. The Bertz CT molecular complexity index is 1050. The first-order valence-electron chi connectivity index (χ1n) is 10.2. The fraction of sp³-hybridized carbons (Fsp3) is 0.500. The molecule has 0 unspecified atom stereocenters. The number of H-pyrrole nitrogens is 1. The van der Waals surface area contributed by atoms with Crippen molar-refractivity contribution in [2.75, 3.05) is 6.61 Å². The lowest BCUT2D eigenvalue weighted by Gasteiger charge is -2.64. The van der Waals surface area contributed by atoms with Crippen molar-refractivity contribution in [2.24, 2.45) is 10.8 Å². The summed E-state index contributed by atoms with van der Waals surface area (Å²) in [5.41, 5.74) is 4.56. The number of hydrogen-bond donors (Lipinski definition) is 3. The van der Waals surface area contributed by atoms with Gasteiger partial charge in [0.2, 0.25) is 0 Å². The van der Waals surface area contributed by atoms with E-state index in [9.17, 15) is 10.2 Å². The molecule has 2 aliphatic rings. The second kappa shape index (κ2) is 5.36. The van der Waals surface area contributed by atoms with Gasteiger partial charge in [0.15, 0.2) is 0 Å². The van der Waals surface area contributed by atoms with Gasteiger partial charge < -0.3 is 15.2 Å². The van der Waals surface area contributed by atoms with Crippen LogP contribution in [0.4, 0.5) is 0 Å². The van der Waals surface area contributed by atoms with Gasteiger partial charge in [-0.2, -0.15) is 0 Å². The normalized spacial score (nSPS) is 36.0. The van der Waals surface area contributed by atoms with Gasteiger partial charge in [0.25, 0.3) is 0 Å². The molecule has 1 saturated carbocycles. The maximum Gasteiger partial charge on any atom is 0.0621 e. The standard InChI is InChI=1S/C24H29NO2/c1-22-10-9-21(27)23(2,14-26)24(22,3)11-8-15-12-20-17(13-18(15)22)16-6-4-5-7-19(16)25-20/h4-7,12-13,21,25-27H,8-11,14H2,1-3H3/t21-,22+,23-,24+/m0/s1. The van der Waals surface area contributed by atoms with Gasteiger partial charge in [-0.25, -0.2) is 0 Å². The zero-order valence-electron chi connectivity index (χ0n) is 16.5. The van der Waals surface area contributed by atoms with Gasteiger partial charge >= 0.3 is 0 Å². The number of aliphatic hydroxyl groups is 2. The summed E-state index contributed by atoms with van der Waals surface area (Å²) in [7, 11) is 0. The van der Waals surface area contributed by atoms with Crippen LogP contribution in [-0.2, 0) is 11.8 Å². The number of aromatic nitrogens is 1. The van der Waals surface area contributed by atoms with Crippen molar-refractivity contribution in [2.45, 2.75) is 58.0 Å². The highest BCUT2D eigenvalue weighted by molar-refractivity contribution is 6.07. The Hall–Kier alpha value is -1.84. The molecule has 4 atom stereocenters. The monoisotopic (exact) mass is 363 g/mol. The summed E-state index contributed by atoms with van der Waals surface area (Å²) in [6.07, 6.45) is 3.25. The minimum absolute atomic E-state index is 0.0327. The molecule has 3 N–H and O–H groups in total. The number of aromatic amines is 1. The molecule has 5 rings (SSSR count). The largest absolute Gasteiger partial charge is 0.396 e. The van der Waals surface area contributed by atoms with E-state index in [1.54, 1.807) is 0 Å². The molecule has 2 aliphatic carbocycles. The topological polar surface area (TPSA) is 56.2 Å². The summed E-state index contributed by atoms with van der Waals surface area (Å²) in [4.78, 5) is 3.58. The first kappa shape index (κ1) is 17.3. The number of hydrogen-bond acceptors (Lipinski definition) is 2. The molecule has 0 spiro atoms. The average Bonchev–Trinajstić information content (AvgIpc) is 3.04. The van der Waals surface area contributed by atoms with Crippen molar-refractivity contribution in [3.63, 3.8) is 0 Å². The lowest BCUT2D eigenvalue weighted by atomic mass is 9.41. The number of fused-ring (bicyclic) bond motifs is 6. The maximum atomic E-state index is 10.8. The summed E-state index contributed by atoms with van der Waals surface area (Å²) in [6.45, 7) is 6.79. The second-order valence-corrected chi connectivity index (χ2v) is 9.52. The zero-order chi connectivity index (χ0) is 19.0. The summed E-state index contributed by atoms with van der Waals surface area (Å²) < 4.78 is 0. The predicted octanol–water partition coefficient (Wildman–Crippen LogP) is 4.68. The number of aliphatic hydroxyl groups excluding tert-OH is 2. The second-order valence-electron chi connectivity index (χ2n) is 9.52. The third-order valence-electron chi connectivity index (χ3n) is 8.68. The van der Waals surface area contributed by atoms with Crippen molar-refractivity contribution in [3.05, 3.63) is 47.5 Å². The molecule has 0 saturated heterocycles. The molecule has 142 valence electrons. The first-order chi connectivity index (χ1) is 12.8. The Morgan fingerprint density at radius 3 is 2.59 bits per heavy atom. The average molecular weight is 364 g/mol. The molecular formula is C24H29NO2. The van der Waals surface area contributed by atoms with Crippen LogP contribution in [-0.4, -0.2) is 27.9 Å². The summed E-state index contributed by atoms with van der Waals surface area (Å²) in [6, 6.07) is 13.2. The minimum atomic E-state index is -0.479. The van der Waals surface area contributed by atoms with Crippen LogP contribution in [0.2, 0.25) is 0 Å². The van der Waals surface area contributed by atoms with Gasteiger partial charge in [-0.1, -0.05) is 39.0 Å². The van der Waals surface area contributed by atoms with Crippen LogP contribution < -0.4 is 0 Å². The van der Waals surface area contributed by atoms with Crippen LogP contribution in [0.25, 0.3) is 21.8 Å². The Kier molecular flexibility index (Phi) is 3.43. The van der Waals surface area contributed by atoms with Crippen molar-refractivity contribution in [1.29, 1.82) is 0 Å². The van der Waals surface area contributed by atoms with Crippen molar-refractivity contribution < 1.29 is 10.2 Å². The lowest BCUT2D eigenvalue weighted by molar-refractivity contribution is -0.165. The van der Waals surface area contributed by atoms with Crippen molar-refractivity contribution >= 4 is 21.8 Å². The summed E-state index contributed by atoms with van der Waals surface area (Å²) >= 11 is 0. The van der Waals surface area contributed by atoms with E-state index in [4.69, 9.17) is 0 Å². The van der Waals surface area contributed by atoms with Crippen LogP contribution in [0, 0.1) is 10.8 Å². The molecule has 0 radical (unpaired) electrons. The van der Waals surface area contributed by atoms with Crippen molar-refractivity contribution in [1.82, 2.24) is 4.98 Å². The molecule has 2 aromatic carbocycles. The number of nitrogens with one attached hydrogen (secondary N) is 1. The SMILES string of the molecule is C[C@@]12CCc3cc4[nH]c5ccccc5c4cc3[C@@]1(C)CC[C@H](O)[C@]2(C)CO. The van der Waals surface area contributed by atoms with Gasteiger partial charge in [0, 0.05) is 27.2 Å². The lowest BCUT2D eigenvalue weighted by Crippen LogP contribution is -2.63. The Morgan fingerprint density at radius 2 is 1.81 bits per heavy atom. The van der Waals surface area contributed by atoms with E-state index in [1.165, 1.54) is 32.9 Å². The maximum absolute atomic E-state index is 10.8. The number of rotatable bonds is 1. The van der Waals surface area contributed by atoms with Crippen LogP contribution >= 0.6 is 0 Å². The van der Waals surface area contributed by atoms with Gasteiger partial charge in [-0.05, 0) is 65.8 Å². The summed E-state index contributed by atoms with van der Waals surface area (Å²) in [5, 5.41) is 23.7. The van der Waals surface area contributed by atoms with E-state index in [2.05, 4.69) is 62.2 Å². The van der Waals surface area contributed by atoms with Crippen LogP contribution in [0.5, 0.6) is 0 Å². The number of benzene rings is 2. The van der Waals surface area contributed by atoms with Crippen LogP contribution in [0.3, 0.4) is 0 Å². The fourth-order valence-corrected chi connectivity index (χ4v) is 6.34. The van der Waals surface area contributed by atoms with E-state index < -0.39 is 11.5 Å². The quantitative estimate of drug-likeness (QED) is 0.588. The predicted molar refractivity (Wildman–Crippen MR) is 110 cm³/mol. The zero-order valence-corrected chi connectivity index (χ0v) is 16.5. The molecule has 0 aliphatic heterocycles. The minimum Gasteiger partial charge on any atom is -0.396 e. The molecule has 0 amide bonds. The molecule has 1 aromatic heterocycles. The fourth-order valence-electron chi connectivity index (χ4n) is 6.34. The van der Waals surface area contributed by atoms with Crippen molar-refractivity contribution in [3.8, 4) is 0 Å². The highest BCUT2D eigenvalue weighted by Gasteiger charge is 2.63. The molecule has 0 bridgehead atoms. The number of aryl methyl sites for hydroxylation is 1. The number of para-hydroxylation sites is 1. The van der Waals surface area contributed by atoms with E-state index in [0.717, 1.165) is 25.7 Å². The third kappa shape index (κ3) is 1.94. The molecule has 1 heterocycles. The Labute approximate surface area is 160 Å². The molecular weight excluding hydrogens is 334 g/mol. The van der Waals surface area contributed by atoms with Crippen LogP contribution in [0.1, 0.15) is 51.2 Å². The molecule has 1 fully saturated rings. The van der Waals surface area contributed by atoms with Gasteiger partial charge in [-0.3, -0.25) is 0 Å². The highest BCUT2D eigenvalue weighted by Crippen LogP contribution is 2.65.